The molecule has 3 nitrogen and oxygen atoms in total. The maximum absolute atomic E-state index is 6.45. The molecule has 3 rings (SSSR count). The second-order valence-electron chi connectivity index (χ2n) is 6.32. The molecule has 2 aliphatic carbocycles. The summed E-state index contributed by atoms with van der Waals surface area (Å²) in [5, 5.41) is 0. The number of fused-ring (bicyclic) bond motifs is 1. The average molecular weight is 233 g/mol. The lowest BCUT2D eigenvalue weighted by atomic mass is 9.70. The van der Waals surface area contributed by atoms with Crippen molar-refractivity contribution < 1.29 is 0 Å². The van der Waals surface area contributed by atoms with Crippen molar-refractivity contribution in [3.8, 4) is 0 Å². The van der Waals surface area contributed by atoms with E-state index in [1.54, 1.807) is 0 Å². The van der Waals surface area contributed by atoms with Crippen LogP contribution in [-0.2, 0) is 0 Å². The third-order valence-electron chi connectivity index (χ3n) is 4.91. The third-order valence-corrected chi connectivity index (χ3v) is 4.91. The lowest BCUT2D eigenvalue weighted by molar-refractivity contribution is 0.166. The molecule has 2 unspecified atom stereocenters. The van der Waals surface area contributed by atoms with Gasteiger partial charge in [0.1, 0.15) is 5.82 Å². The molecule has 0 aliphatic heterocycles. The molecule has 0 saturated heterocycles. The first-order chi connectivity index (χ1) is 8.01. The Labute approximate surface area is 103 Å². The minimum absolute atomic E-state index is 0.148. The third kappa shape index (κ3) is 1.55. The highest BCUT2D eigenvalue weighted by molar-refractivity contribution is 5.16. The zero-order chi connectivity index (χ0) is 12.2. The van der Waals surface area contributed by atoms with Crippen LogP contribution in [0.2, 0.25) is 0 Å². The molecule has 3 atom stereocenters. The standard InChI is InChI=1S/C14H23N3/c1-9(2)13-8-16-10(3)17(13)12-6-11-4-5-14(11,15)7-12/h8-9,11-12H,4-7,15H2,1-3H3/t11?,12?,14-/m1/s1. The molecule has 2 aliphatic rings. The van der Waals surface area contributed by atoms with Crippen LogP contribution in [0, 0.1) is 12.8 Å². The quantitative estimate of drug-likeness (QED) is 0.853. The fourth-order valence-corrected chi connectivity index (χ4v) is 3.76. The second kappa shape index (κ2) is 3.58. The van der Waals surface area contributed by atoms with Gasteiger partial charge in [-0.1, -0.05) is 13.8 Å². The molecule has 17 heavy (non-hydrogen) atoms. The van der Waals surface area contributed by atoms with Gasteiger partial charge in [0, 0.05) is 23.5 Å². The molecule has 0 spiro atoms. The first-order valence-corrected chi connectivity index (χ1v) is 6.84. The largest absolute Gasteiger partial charge is 0.329 e. The molecule has 0 amide bonds. The average Bonchev–Trinajstić information content (AvgIpc) is 2.72. The number of rotatable bonds is 2. The molecule has 94 valence electrons. The molecule has 1 heterocycles. The monoisotopic (exact) mass is 233 g/mol. The lowest BCUT2D eigenvalue weighted by Gasteiger charge is -2.41. The Hall–Kier alpha value is -0.830. The summed E-state index contributed by atoms with van der Waals surface area (Å²) >= 11 is 0. The summed E-state index contributed by atoms with van der Waals surface area (Å²) in [4.78, 5) is 4.50. The van der Waals surface area contributed by atoms with E-state index < -0.39 is 0 Å². The predicted octanol–water partition coefficient (Wildman–Crippen LogP) is 2.76. The molecule has 0 radical (unpaired) electrons. The number of aromatic nitrogens is 2. The summed E-state index contributed by atoms with van der Waals surface area (Å²) in [6.45, 7) is 6.61. The van der Waals surface area contributed by atoms with Gasteiger partial charge in [0.25, 0.3) is 0 Å². The van der Waals surface area contributed by atoms with Crippen LogP contribution in [-0.4, -0.2) is 15.1 Å². The van der Waals surface area contributed by atoms with Crippen LogP contribution in [0.3, 0.4) is 0 Å². The Morgan fingerprint density at radius 2 is 2.29 bits per heavy atom. The van der Waals surface area contributed by atoms with Gasteiger partial charge in [-0.3, -0.25) is 0 Å². The van der Waals surface area contributed by atoms with Gasteiger partial charge < -0.3 is 10.3 Å². The van der Waals surface area contributed by atoms with Crippen molar-refractivity contribution in [1.29, 1.82) is 0 Å². The molecule has 2 saturated carbocycles. The van der Waals surface area contributed by atoms with Crippen LogP contribution in [0.1, 0.15) is 63.0 Å². The van der Waals surface area contributed by atoms with Crippen molar-refractivity contribution in [2.45, 2.75) is 64.0 Å². The van der Waals surface area contributed by atoms with Gasteiger partial charge in [-0.25, -0.2) is 4.98 Å². The van der Waals surface area contributed by atoms with Crippen LogP contribution < -0.4 is 5.73 Å². The van der Waals surface area contributed by atoms with Crippen LogP contribution in [0.4, 0.5) is 0 Å². The Bertz CT molecular complexity index is 435. The number of hydrogen-bond donors (Lipinski definition) is 1. The van der Waals surface area contributed by atoms with Crippen LogP contribution >= 0.6 is 0 Å². The van der Waals surface area contributed by atoms with Crippen molar-refractivity contribution >= 4 is 0 Å². The molecule has 0 aromatic carbocycles. The zero-order valence-corrected chi connectivity index (χ0v) is 11.1. The minimum Gasteiger partial charge on any atom is -0.329 e. The smallest absolute Gasteiger partial charge is 0.105 e. The highest BCUT2D eigenvalue weighted by Gasteiger charge is 2.51. The molecule has 1 aromatic rings. The fourth-order valence-electron chi connectivity index (χ4n) is 3.76. The van der Waals surface area contributed by atoms with Crippen molar-refractivity contribution in [3.05, 3.63) is 17.7 Å². The van der Waals surface area contributed by atoms with Gasteiger partial charge in [-0.15, -0.1) is 0 Å². The molecule has 1 aromatic heterocycles. The van der Waals surface area contributed by atoms with E-state index in [4.69, 9.17) is 5.73 Å². The first kappa shape index (κ1) is 11.3. The maximum atomic E-state index is 6.45. The Morgan fingerprint density at radius 1 is 1.53 bits per heavy atom. The normalized spacial score (nSPS) is 36.1. The van der Waals surface area contributed by atoms with E-state index in [-0.39, 0.29) is 5.54 Å². The Morgan fingerprint density at radius 3 is 2.76 bits per heavy atom. The first-order valence-electron chi connectivity index (χ1n) is 6.84. The van der Waals surface area contributed by atoms with Crippen molar-refractivity contribution in [1.82, 2.24) is 9.55 Å². The molecule has 2 N–H and O–H groups in total. The number of hydrogen-bond acceptors (Lipinski definition) is 2. The topological polar surface area (TPSA) is 43.8 Å². The van der Waals surface area contributed by atoms with Gasteiger partial charge in [0.2, 0.25) is 0 Å². The van der Waals surface area contributed by atoms with E-state index in [0.717, 1.165) is 18.2 Å². The van der Waals surface area contributed by atoms with Gasteiger partial charge in [-0.2, -0.15) is 0 Å². The van der Waals surface area contributed by atoms with E-state index in [2.05, 4.69) is 30.3 Å². The zero-order valence-electron chi connectivity index (χ0n) is 11.1. The summed E-state index contributed by atoms with van der Waals surface area (Å²) < 4.78 is 2.46. The highest BCUT2D eigenvalue weighted by Crippen LogP contribution is 2.53. The summed E-state index contributed by atoms with van der Waals surface area (Å²) in [5.41, 5.74) is 7.97. The summed E-state index contributed by atoms with van der Waals surface area (Å²) in [5.74, 6) is 2.46. The van der Waals surface area contributed by atoms with Gasteiger partial charge in [0.15, 0.2) is 0 Å². The number of nitrogens with two attached hydrogens (primary N) is 1. The van der Waals surface area contributed by atoms with E-state index in [1.807, 2.05) is 6.20 Å². The molecular weight excluding hydrogens is 210 g/mol. The minimum atomic E-state index is 0.148. The van der Waals surface area contributed by atoms with Crippen molar-refractivity contribution in [3.63, 3.8) is 0 Å². The number of imidazole rings is 1. The van der Waals surface area contributed by atoms with Crippen LogP contribution in [0.15, 0.2) is 6.20 Å². The van der Waals surface area contributed by atoms with Gasteiger partial charge in [0.05, 0.1) is 0 Å². The molecular formula is C14H23N3. The summed E-state index contributed by atoms with van der Waals surface area (Å²) in [6, 6.07) is 0.590. The van der Waals surface area contributed by atoms with Crippen LogP contribution in [0.25, 0.3) is 0 Å². The predicted molar refractivity (Wildman–Crippen MR) is 69.0 cm³/mol. The Balaban J connectivity index is 1.92. The van der Waals surface area contributed by atoms with Gasteiger partial charge in [-0.05, 0) is 44.4 Å². The number of aryl methyl sites for hydroxylation is 1. The second-order valence-corrected chi connectivity index (χ2v) is 6.32. The van der Waals surface area contributed by atoms with Crippen molar-refractivity contribution in [2.75, 3.05) is 0 Å². The fraction of sp³-hybridized carbons (Fsp3) is 0.786. The van der Waals surface area contributed by atoms with Crippen molar-refractivity contribution in [2.24, 2.45) is 11.7 Å². The number of nitrogens with zero attached hydrogens (tertiary/aromatic N) is 2. The maximum Gasteiger partial charge on any atom is 0.105 e. The van der Waals surface area contributed by atoms with Gasteiger partial charge >= 0.3 is 0 Å². The van der Waals surface area contributed by atoms with E-state index in [1.165, 1.54) is 25.0 Å². The lowest BCUT2D eigenvalue weighted by Crippen LogP contribution is -2.51. The van der Waals surface area contributed by atoms with Crippen LogP contribution in [0.5, 0.6) is 0 Å². The summed E-state index contributed by atoms with van der Waals surface area (Å²) in [6.07, 6.45) is 7.00. The van der Waals surface area contributed by atoms with E-state index in [9.17, 15) is 0 Å². The Kier molecular flexibility index (Phi) is 2.37. The SMILES string of the molecule is Cc1ncc(C(C)C)n1C1CC2CC[C@@]2(N)C1. The van der Waals surface area contributed by atoms with E-state index >= 15 is 0 Å². The highest BCUT2D eigenvalue weighted by atomic mass is 15.1. The molecule has 3 heteroatoms. The molecule has 2 fully saturated rings. The van der Waals surface area contributed by atoms with E-state index in [0.29, 0.717) is 12.0 Å². The molecule has 0 bridgehead atoms. The summed E-state index contributed by atoms with van der Waals surface area (Å²) in [7, 11) is 0.